The van der Waals surface area contributed by atoms with Gasteiger partial charge in [0.15, 0.2) is 0 Å². The van der Waals surface area contributed by atoms with Gasteiger partial charge in [-0.3, -0.25) is 9.78 Å². The van der Waals surface area contributed by atoms with Crippen molar-refractivity contribution in [2.45, 2.75) is 36.9 Å². The summed E-state index contributed by atoms with van der Waals surface area (Å²) >= 11 is 8.09. The summed E-state index contributed by atoms with van der Waals surface area (Å²) < 4.78 is 20.9. The molecule has 0 saturated carbocycles. The topological polar surface area (TPSA) is 75.5 Å². The molecular formula is C27H31ClFN3O3S. The summed E-state index contributed by atoms with van der Waals surface area (Å²) in [7, 11) is 1.57. The van der Waals surface area contributed by atoms with Crippen molar-refractivity contribution in [3.05, 3.63) is 59.4 Å². The number of benzene rings is 1. The minimum Gasteiger partial charge on any atom is -0.497 e. The second kappa shape index (κ2) is 12.7. The maximum absolute atomic E-state index is 15.6. The minimum absolute atomic E-state index is 0.00643. The Morgan fingerprint density at radius 3 is 2.92 bits per heavy atom. The van der Waals surface area contributed by atoms with E-state index in [2.05, 4.69) is 14.9 Å². The fourth-order valence-electron chi connectivity index (χ4n) is 5.02. The van der Waals surface area contributed by atoms with Crippen molar-refractivity contribution in [2.24, 2.45) is 11.8 Å². The van der Waals surface area contributed by atoms with E-state index in [9.17, 15) is 9.90 Å². The maximum atomic E-state index is 15.6. The number of carboxylic acid groups (broad SMARTS) is 1. The Bertz CT molecular complexity index is 1170. The molecule has 0 bridgehead atoms. The molecule has 4 rings (SSSR count). The Labute approximate surface area is 220 Å². The van der Waals surface area contributed by atoms with Crippen molar-refractivity contribution in [1.82, 2.24) is 14.9 Å². The number of carboxylic acids is 1. The number of ether oxygens (including phenoxy) is 1. The first-order valence-corrected chi connectivity index (χ1v) is 13.5. The van der Waals surface area contributed by atoms with Gasteiger partial charge in [-0.15, -0.1) is 11.8 Å². The number of nitrogens with zero attached hydrogens (tertiary/aromatic N) is 3. The molecule has 3 atom stereocenters. The first-order valence-electron chi connectivity index (χ1n) is 12.2. The summed E-state index contributed by atoms with van der Waals surface area (Å²) in [6, 6.07) is 11.2. The molecule has 3 heterocycles. The number of alkyl halides is 1. The van der Waals surface area contributed by atoms with Crippen LogP contribution >= 0.6 is 23.4 Å². The normalized spacial score (nSPS) is 19.3. The number of aliphatic carboxylic acids is 1. The van der Waals surface area contributed by atoms with Crippen LogP contribution in [0.4, 0.5) is 4.39 Å². The molecule has 0 spiro atoms. The minimum atomic E-state index is -1.27. The molecule has 1 aliphatic heterocycles. The van der Waals surface area contributed by atoms with Gasteiger partial charge in [-0.25, -0.2) is 9.37 Å². The van der Waals surface area contributed by atoms with Gasteiger partial charge in [0.2, 0.25) is 0 Å². The number of likely N-dealkylation sites (tertiary alicyclic amines) is 1. The summed E-state index contributed by atoms with van der Waals surface area (Å²) in [4.78, 5) is 22.6. The molecular weight excluding hydrogens is 501 g/mol. The van der Waals surface area contributed by atoms with Crippen molar-refractivity contribution in [2.75, 3.05) is 32.5 Å². The zero-order chi connectivity index (χ0) is 25.5. The van der Waals surface area contributed by atoms with Crippen molar-refractivity contribution < 1.29 is 19.0 Å². The highest BCUT2D eigenvalue weighted by Crippen LogP contribution is 2.39. The van der Waals surface area contributed by atoms with Crippen LogP contribution in [0.15, 0.2) is 53.8 Å². The second-order valence-corrected chi connectivity index (χ2v) is 10.7. The lowest BCUT2D eigenvalue weighted by molar-refractivity contribution is -0.139. The van der Waals surface area contributed by atoms with Crippen molar-refractivity contribution in [1.29, 1.82) is 0 Å². The number of rotatable bonds is 11. The van der Waals surface area contributed by atoms with Crippen LogP contribution < -0.4 is 4.74 Å². The number of aromatic nitrogens is 2. The summed E-state index contributed by atoms with van der Waals surface area (Å²) in [5, 5.41) is 11.4. The fraction of sp³-hybridized carbons (Fsp3) is 0.444. The maximum Gasteiger partial charge on any atom is 0.303 e. The number of piperidine rings is 1. The van der Waals surface area contributed by atoms with Gasteiger partial charge < -0.3 is 14.7 Å². The molecule has 192 valence electrons. The number of halogens is 2. The molecule has 1 fully saturated rings. The summed E-state index contributed by atoms with van der Waals surface area (Å²) in [6.45, 7) is 2.47. The predicted octanol–water partition coefficient (Wildman–Crippen LogP) is 6.29. The van der Waals surface area contributed by atoms with Crippen molar-refractivity contribution in [3.63, 3.8) is 0 Å². The molecule has 1 saturated heterocycles. The second-order valence-electron chi connectivity index (χ2n) is 9.17. The molecule has 9 heteroatoms. The van der Waals surface area contributed by atoms with Gasteiger partial charge in [0.1, 0.15) is 11.9 Å². The first kappa shape index (κ1) is 26.6. The first-order chi connectivity index (χ1) is 17.4. The van der Waals surface area contributed by atoms with Crippen LogP contribution in [0.5, 0.6) is 5.75 Å². The van der Waals surface area contributed by atoms with E-state index in [1.807, 2.05) is 18.2 Å². The highest BCUT2D eigenvalue weighted by molar-refractivity contribution is 7.99. The highest BCUT2D eigenvalue weighted by Gasteiger charge is 2.31. The number of carbonyl (C=O) groups is 1. The van der Waals surface area contributed by atoms with Crippen LogP contribution in [0.1, 0.15) is 37.4 Å². The smallest absolute Gasteiger partial charge is 0.303 e. The van der Waals surface area contributed by atoms with Crippen molar-refractivity contribution >= 4 is 40.2 Å². The molecule has 0 unspecified atom stereocenters. The number of thioether (sulfide) groups is 1. The Balaban J connectivity index is 1.38. The van der Waals surface area contributed by atoms with Gasteiger partial charge in [-0.05, 0) is 68.0 Å². The van der Waals surface area contributed by atoms with Crippen LogP contribution in [-0.2, 0) is 4.79 Å². The SMILES string of the molecule is COc1ccc2ncc(Cl)c([C@@H](F)CC[C@@H]3CCN(CCSc4ccccn4)C[C@H]3CC(=O)O)c2c1. The average Bonchev–Trinajstić information content (AvgIpc) is 2.88. The quantitative estimate of drug-likeness (QED) is 0.291. The summed E-state index contributed by atoms with van der Waals surface area (Å²) in [6.07, 6.45) is 3.86. The Morgan fingerprint density at radius 1 is 1.31 bits per heavy atom. The third-order valence-corrected chi connectivity index (χ3v) is 8.10. The molecule has 36 heavy (non-hydrogen) atoms. The largest absolute Gasteiger partial charge is 0.497 e. The van der Waals surface area contributed by atoms with Crippen LogP contribution in [0.3, 0.4) is 0 Å². The van der Waals surface area contributed by atoms with Crippen LogP contribution in [0, 0.1) is 11.8 Å². The molecule has 1 N–H and O–H groups in total. The van der Waals surface area contributed by atoms with E-state index in [1.165, 1.54) is 6.20 Å². The lowest BCUT2D eigenvalue weighted by Gasteiger charge is -2.38. The number of pyridine rings is 2. The number of methoxy groups -OCH3 is 1. The Morgan fingerprint density at radius 2 is 2.17 bits per heavy atom. The molecule has 0 aliphatic carbocycles. The number of hydrogen-bond acceptors (Lipinski definition) is 6. The van der Waals surface area contributed by atoms with E-state index in [0.717, 1.165) is 30.3 Å². The van der Waals surface area contributed by atoms with Gasteiger partial charge in [0.05, 0.1) is 22.7 Å². The lowest BCUT2D eigenvalue weighted by atomic mass is 9.79. The third-order valence-electron chi connectivity index (χ3n) is 6.88. The third kappa shape index (κ3) is 6.87. The monoisotopic (exact) mass is 531 g/mol. The highest BCUT2D eigenvalue weighted by atomic mass is 35.5. The Kier molecular flexibility index (Phi) is 9.40. The average molecular weight is 532 g/mol. The molecule has 6 nitrogen and oxygen atoms in total. The summed E-state index contributed by atoms with van der Waals surface area (Å²) in [5.41, 5.74) is 1.10. The van der Waals surface area contributed by atoms with E-state index in [-0.39, 0.29) is 24.7 Å². The standard InChI is InChI=1S/C27H31ClFN3O3S/c1-35-20-6-8-24-21(15-20)27(22(28)16-31-24)23(29)7-5-18-9-11-32(17-19(18)14-26(33)34)12-13-36-25-4-2-3-10-30-25/h2-4,6,8,10,15-16,18-19,23H,5,7,9,11-14,17H2,1H3,(H,33,34)/t18-,19-,23+/m1/s1. The Hall–Kier alpha value is -2.42. The van der Waals surface area contributed by atoms with E-state index >= 15 is 4.39 Å². The molecule has 1 aliphatic rings. The lowest BCUT2D eigenvalue weighted by Crippen LogP contribution is -2.42. The van der Waals surface area contributed by atoms with Crippen molar-refractivity contribution in [3.8, 4) is 5.75 Å². The van der Waals surface area contributed by atoms with Crippen LogP contribution in [-0.4, -0.2) is 58.4 Å². The molecule has 0 amide bonds. The zero-order valence-corrected chi connectivity index (χ0v) is 21.8. The molecule has 0 radical (unpaired) electrons. The van der Waals surface area contributed by atoms with E-state index in [1.54, 1.807) is 43.3 Å². The van der Waals surface area contributed by atoms with Gasteiger partial charge in [0.25, 0.3) is 0 Å². The fourth-order valence-corrected chi connectivity index (χ4v) is 6.16. The summed E-state index contributed by atoms with van der Waals surface area (Å²) in [5.74, 6) is 0.857. The van der Waals surface area contributed by atoms with Gasteiger partial charge >= 0.3 is 5.97 Å². The van der Waals surface area contributed by atoms with E-state index in [0.29, 0.717) is 40.2 Å². The van der Waals surface area contributed by atoms with Gasteiger partial charge in [-0.2, -0.15) is 0 Å². The molecule has 2 aromatic heterocycles. The molecule has 3 aromatic rings. The number of hydrogen-bond donors (Lipinski definition) is 1. The molecule has 1 aromatic carbocycles. The predicted molar refractivity (Wildman–Crippen MR) is 142 cm³/mol. The van der Waals surface area contributed by atoms with Crippen LogP contribution in [0.25, 0.3) is 10.9 Å². The van der Waals surface area contributed by atoms with Crippen LogP contribution in [0.2, 0.25) is 5.02 Å². The van der Waals surface area contributed by atoms with Gasteiger partial charge in [0, 0.05) is 48.6 Å². The number of fused-ring (bicyclic) bond motifs is 1. The van der Waals surface area contributed by atoms with E-state index < -0.39 is 12.1 Å². The van der Waals surface area contributed by atoms with Gasteiger partial charge in [-0.1, -0.05) is 17.7 Å². The van der Waals surface area contributed by atoms with E-state index in [4.69, 9.17) is 16.3 Å². The zero-order valence-electron chi connectivity index (χ0n) is 20.3.